The lowest BCUT2D eigenvalue weighted by Gasteiger charge is -2.27. The Balaban J connectivity index is 1.32. The maximum absolute atomic E-state index is 12.5. The molecule has 4 rings (SSSR count). The number of ether oxygens (including phenoxy) is 2. The van der Waals surface area contributed by atoms with Gasteiger partial charge in [0, 0.05) is 42.7 Å². The van der Waals surface area contributed by atoms with Crippen LogP contribution in [0.1, 0.15) is 24.8 Å². The van der Waals surface area contributed by atoms with Gasteiger partial charge < -0.3 is 25.4 Å². The van der Waals surface area contributed by atoms with Crippen molar-refractivity contribution >= 4 is 23.2 Å². The van der Waals surface area contributed by atoms with Crippen molar-refractivity contribution in [1.29, 1.82) is 0 Å². The van der Waals surface area contributed by atoms with Crippen LogP contribution in [0.4, 0.5) is 22.0 Å². The molecule has 0 unspecified atom stereocenters. The molecular formula is C25H30N6O3. The van der Waals surface area contributed by atoms with Gasteiger partial charge in [-0.2, -0.15) is 0 Å². The minimum Gasteiger partial charge on any atom is -0.496 e. The van der Waals surface area contributed by atoms with Gasteiger partial charge in [0.1, 0.15) is 23.6 Å². The van der Waals surface area contributed by atoms with E-state index in [0.717, 1.165) is 30.9 Å². The van der Waals surface area contributed by atoms with E-state index in [-0.39, 0.29) is 6.03 Å². The van der Waals surface area contributed by atoms with Crippen LogP contribution in [0.3, 0.4) is 0 Å². The molecule has 9 nitrogen and oxygen atoms in total. The number of methoxy groups -OCH3 is 1. The van der Waals surface area contributed by atoms with E-state index in [0.29, 0.717) is 28.8 Å². The van der Waals surface area contributed by atoms with Crippen molar-refractivity contribution in [2.45, 2.75) is 25.8 Å². The molecule has 0 atom stereocenters. The van der Waals surface area contributed by atoms with E-state index >= 15 is 0 Å². The summed E-state index contributed by atoms with van der Waals surface area (Å²) in [6.07, 6.45) is 5.22. The standard InChI is InChI=1S/C25H30N6O3/c1-26-23-15-24(28-17-27-23)34-21-10-8-19(9-11-21)29-25(32)30-20-7-6-18(22(14-20)33-2)16-31-12-4-3-5-13-31/h6-11,14-15,17H,3-5,12-13,16H2,1-2H3,(H,26,27,28)(H2,29,30,32). The predicted octanol–water partition coefficient (Wildman–Crippen LogP) is 4.95. The van der Waals surface area contributed by atoms with Crippen molar-refractivity contribution < 1.29 is 14.3 Å². The molecule has 1 aliphatic rings. The first-order valence-electron chi connectivity index (χ1n) is 11.4. The molecule has 0 aliphatic carbocycles. The summed E-state index contributed by atoms with van der Waals surface area (Å²) < 4.78 is 11.3. The summed E-state index contributed by atoms with van der Waals surface area (Å²) in [5.74, 6) is 2.46. The topological polar surface area (TPSA) is 101 Å². The molecule has 1 aromatic heterocycles. The van der Waals surface area contributed by atoms with Crippen LogP contribution < -0.4 is 25.4 Å². The van der Waals surface area contributed by atoms with Crippen LogP contribution in [-0.2, 0) is 6.54 Å². The summed E-state index contributed by atoms with van der Waals surface area (Å²) in [5, 5.41) is 8.63. The van der Waals surface area contributed by atoms with E-state index in [1.165, 1.54) is 25.6 Å². The molecule has 34 heavy (non-hydrogen) atoms. The van der Waals surface area contributed by atoms with Crippen molar-refractivity contribution in [2.75, 3.05) is 43.2 Å². The molecule has 1 aliphatic heterocycles. The molecule has 2 heterocycles. The number of nitrogens with one attached hydrogen (secondary N) is 3. The van der Waals surface area contributed by atoms with Crippen LogP contribution in [0.2, 0.25) is 0 Å². The highest BCUT2D eigenvalue weighted by Gasteiger charge is 2.14. The molecule has 1 saturated heterocycles. The van der Waals surface area contributed by atoms with E-state index in [4.69, 9.17) is 9.47 Å². The van der Waals surface area contributed by atoms with Gasteiger partial charge in [0.25, 0.3) is 0 Å². The summed E-state index contributed by atoms with van der Waals surface area (Å²) in [6.45, 7) is 3.09. The maximum atomic E-state index is 12.5. The first kappa shape index (κ1) is 23.3. The summed E-state index contributed by atoms with van der Waals surface area (Å²) in [7, 11) is 3.43. The molecule has 178 valence electrons. The Hall–Kier alpha value is -3.85. The lowest BCUT2D eigenvalue weighted by atomic mass is 10.1. The molecule has 3 N–H and O–H groups in total. The Labute approximate surface area is 199 Å². The quantitative estimate of drug-likeness (QED) is 0.435. The van der Waals surface area contributed by atoms with Crippen molar-refractivity contribution in [3.05, 3.63) is 60.4 Å². The second-order valence-corrected chi connectivity index (χ2v) is 8.06. The highest BCUT2D eigenvalue weighted by atomic mass is 16.5. The minimum absolute atomic E-state index is 0.339. The van der Waals surface area contributed by atoms with E-state index in [2.05, 4.69) is 30.8 Å². The third-order valence-corrected chi connectivity index (χ3v) is 5.62. The Morgan fingerprint density at radius 3 is 2.44 bits per heavy atom. The Kier molecular flexibility index (Phi) is 7.77. The number of benzene rings is 2. The summed E-state index contributed by atoms with van der Waals surface area (Å²) in [6, 6.07) is 14.2. The molecule has 9 heteroatoms. The number of urea groups is 1. The number of anilines is 3. The predicted molar refractivity (Wildman–Crippen MR) is 133 cm³/mol. The van der Waals surface area contributed by atoms with Crippen LogP contribution in [0, 0.1) is 0 Å². The third kappa shape index (κ3) is 6.35. The third-order valence-electron chi connectivity index (χ3n) is 5.62. The van der Waals surface area contributed by atoms with Crippen molar-refractivity contribution in [1.82, 2.24) is 14.9 Å². The minimum atomic E-state index is -0.339. The van der Waals surface area contributed by atoms with E-state index < -0.39 is 0 Å². The number of rotatable bonds is 8. The second kappa shape index (κ2) is 11.3. The van der Waals surface area contributed by atoms with Crippen LogP contribution in [0.5, 0.6) is 17.4 Å². The fraction of sp³-hybridized carbons (Fsp3) is 0.320. The maximum Gasteiger partial charge on any atom is 0.323 e. The Morgan fingerprint density at radius 2 is 1.71 bits per heavy atom. The number of nitrogens with zero attached hydrogens (tertiary/aromatic N) is 3. The molecule has 1 fully saturated rings. The van der Waals surface area contributed by atoms with Gasteiger partial charge in [-0.15, -0.1) is 0 Å². The van der Waals surface area contributed by atoms with Gasteiger partial charge in [-0.25, -0.2) is 14.8 Å². The largest absolute Gasteiger partial charge is 0.496 e. The average molecular weight is 463 g/mol. The van der Waals surface area contributed by atoms with Gasteiger partial charge >= 0.3 is 6.03 Å². The lowest BCUT2D eigenvalue weighted by Crippen LogP contribution is -2.29. The number of piperidine rings is 1. The highest BCUT2D eigenvalue weighted by molar-refractivity contribution is 5.99. The molecule has 0 radical (unpaired) electrons. The fourth-order valence-corrected chi connectivity index (χ4v) is 3.86. The van der Waals surface area contributed by atoms with Crippen molar-refractivity contribution in [3.8, 4) is 17.4 Å². The first-order chi connectivity index (χ1) is 16.6. The summed E-state index contributed by atoms with van der Waals surface area (Å²) >= 11 is 0. The van der Waals surface area contributed by atoms with Gasteiger partial charge in [0.2, 0.25) is 5.88 Å². The van der Waals surface area contributed by atoms with Crippen molar-refractivity contribution in [2.24, 2.45) is 0 Å². The molecule has 2 aromatic carbocycles. The zero-order chi connectivity index (χ0) is 23.8. The fourth-order valence-electron chi connectivity index (χ4n) is 3.86. The monoisotopic (exact) mass is 462 g/mol. The zero-order valence-corrected chi connectivity index (χ0v) is 19.5. The average Bonchev–Trinajstić information content (AvgIpc) is 2.87. The van der Waals surface area contributed by atoms with Crippen LogP contribution in [0.25, 0.3) is 0 Å². The number of aromatic nitrogens is 2. The number of hydrogen-bond donors (Lipinski definition) is 3. The highest BCUT2D eigenvalue weighted by Crippen LogP contribution is 2.26. The van der Waals surface area contributed by atoms with Crippen molar-refractivity contribution in [3.63, 3.8) is 0 Å². The van der Waals surface area contributed by atoms with Gasteiger partial charge in [-0.05, 0) is 56.3 Å². The Morgan fingerprint density at radius 1 is 0.971 bits per heavy atom. The summed E-state index contributed by atoms with van der Waals surface area (Å²) in [5.41, 5.74) is 2.43. The first-order valence-corrected chi connectivity index (χ1v) is 11.4. The number of amides is 2. The van der Waals surface area contributed by atoms with Crippen LogP contribution in [-0.4, -0.2) is 48.1 Å². The number of hydrogen-bond acceptors (Lipinski definition) is 7. The SMILES string of the molecule is CNc1cc(Oc2ccc(NC(=O)Nc3ccc(CN4CCCCC4)c(OC)c3)cc2)ncn1. The zero-order valence-electron chi connectivity index (χ0n) is 19.5. The van der Waals surface area contributed by atoms with E-state index in [1.807, 2.05) is 18.2 Å². The van der Waals surface area contributed by atoms with Gasteiger partial charge in [-0.3, -0.25) is 4.90 Å². The van der Waals surface area contributed by atoms with Crippen LogP contribution in [0.15, 0.2) is 54.9 Å². The molecule has 0 bridgehead atoms. The number of carbonyl (C=O) groups excluding carboxylic acids is 1. The molecule has 3 aromatic rings. The Bertz CT molecular complexity index is 1100. The number of likely N-dealkylation sites (tertiary alicyclic amines) is 1. The normalized spacial score (nSPS) is 13.7. The van der Waals surface area contributed by atoms with E-state index in [9.17, 15) is 4.79 Å². The molecule has 2 amide bonds. The lowest BCUT2D eigenvalue weighted by molar-refractivity contribution is 0.218. The molecule has 0 saturated carbocycles. The second-order valence-electron chi connectivity index (χ2n) is 8.06. The molecular weight excluding hydrogens is 432 g/mol. The van der Waals surface area contributed by atoms with Crippen LogP contribution >= 0.6 is 0 Å². The van der Waals surface area contributed by atoms with Gasteiger partial charge in [0.15, 0.2) is 0 Å². The number of carbonyl (C=O) groups is 1. The van der Waals surface area contributed by atoms with Gasteiger partial charge in [0.05, 0.1) is 7.11 Å². The smallest absolute Gasteiger partial charge is 0.323 e. The molecule has 0 spiro atoms. The van der Waals surface area contributed by atoms with E-state index in [1.54, 1.807) is 44.5 Å². The van der Waals surface area contributed by atoms with Gasteiger partial charge in [-0.1, -0.05) is 12.5 Å². The summed E-state index contributed by atoms with van der Waals surface area (Å²) in [4.78, 5) is 23.1.